The molecule has 1 aromatic heterocycles. The van der Waals surface area contributed by atoms with Gasteiger partial charge in [0.25, 0.3) is 0 Å². The summed E-state index contributed by atoms with van der Waals surface area (Å²) in [5.74, 6) is 0. The molecule has 0 radical (unpaired) electrons. The first-order valence-corrected chi connectivity index (χ1v) is 5.89. The summed E-state index contributed by atoms with van der Waals surface area (Å²) in [5, 5.41) is 1.28. The van der Waals surface area contributed by atoms with Crippen LogP contribution in [0.4, 0.5) is 0 Å². The van der Waals surface area contributed by atoms with Gasteiger partial charge in [-0.1, -0.05) is 35.9 Å². The molecule has 2 aromatic carbocycles. The highest BCUT2D eigenvalue weighted by molar-refractivity contribution is 5.85. The normalized spacial score (nSPS) is 10.9. The van der Waals surface area contributed by atoms with Gasteiger partial charge in [-0.3, -0.25) is 0 Å². The second-order valence-electron chi connectivity index (χ2n) is 4.62. The highest BCUT2D eigenvalue weighted by Crippen LogP contribution is 2.25. The summed E-state index contributed by atoms with van der Waals surface area (Å²) in [5.41, 5.74) is 6.28. The number of fused-ring (bicyclic) bond motifs is 1. The number of aryl methyl sites for hydroxylation is 2. The lowest BCUT2D eigenvalue weighted by Gasteiger charge is -2.03. The van der Waals surface area contributed by atoms with Crippen LogP contribution in [0.5, 0.6) is 0 Å². The average molecular weight is 221 g/mol. The number of benzene rings is 2. The Morgan fingerprint density at radius 3 is 2.47 bits per heavy atom. The molecular formula is C16H15N. The van der Waals surface area contributed by atoms with Gasteiger partial charge in [0.05, 0.1) is 0 Å². The van der Waals surface area contributed by atoms with Crippen molar-refractivity contribution >= 4 is 10.9 Å². The standard InChI is InChI=1S/C16H15N/c1-11-4-3-5-13(8-11)14-6-7-16-15(10-14)9-12(2)17-16/h3-10,17H,1-2H3. The fourth-order valence-electron chi connectivity index (χ4n) is 2.28. The number of aromatic nitrogens is 1. The van der Waals surface area contributed by atoms with Crippen LogP contribution >= 0.6 is 0 Å². The van der Waals surface area contributed by atoms with Crippen LogP contribution in [-0.2, 0) is 0 Å². The molecule has 0 atom stereocenters. The molecule has 0 aliphatic carbocycles. The molecule has 0 aliphatic rings. The second-order valence-corrected chi connectivity index (χ2v) is 4.62. The van der Waals surface area contributed by atoms with Crippen molar-refractivity contribution in [2.24, 2.45) is 0 Å². The lowest BCUT2D eigenvalue weighted by Crippen LogP contribution is -1.79. The summed E-state index contributed by atoms with van der Waals surface area (Å²) in [6, 6.07) is 17.4. The monoisotopic (exact) mass is 221 g/mol. The summed E-state index contributed by atoms with van der Waals surface area (Å²) in [7, 11) is 0. The summed E-state index contributed by atoms with van der Waals surface area (Å²) in [6.45, 7) is 4.22. The van der Waals surface area contributed by atoms with E-state index >= 15 is 0 Å². The van der Waals surface area contributed by atoms with Gasteiger partial charge in [0.15, 0.2) is 0 Å². The Morgan fingerprint density at radius 2 is 1.65 bits per heavy atom. The molecule has 0 bridgehead atoms. The van der Waals surface area contributed by atoms with E-state index in [1.54, 1.807) is 0 Å². The lowest BCUT2D eigenvalue weighted by atomic mass is 10.0. The molecule has 1 N–H and O–H groups in total. The van der Waals surface area contributed by atoms with Crippen molar-refractivity contribution in [2.45, 2.75) is 13.8 Å². The predicted molar refractivity (Wildman–Crippen MR) is 73.2 cm³/mol. The van der Waals surface area contributed by atoms with E-state index in [1.807, 2.05) is 0 Å². The van der Waals surface area contributed by atoms with Gasteiger partial charge in [-0.2, -0.15) is 0 Å². The van der Waals surface area contributed by atoms with Crippen molar-refractivity contribution in [2.75, 3.05) is 0 Å². The average Bonchev–Trinajstić information content (AvgIpc) is 2.68. The van der Waals surface area contributed by atoms with Crippen LogP contribution in [0, 0.1) is 13.8 Å². The van der Waals surface area contributed by atoms with Gasteiger partial charge in [0.1, 0.15) is 0 Å². The third-order valence-corrected chi connectivity index (χ3v) is 3.11. The summed E-state index contributed by atoms with van der Waals surface area (Å²) in [6.07, 6.45) is 0. The Bertz CT molecular complexity index is 677. The molecule has 1 heterocycles. The second kappa shape index (κ2) is 3.77. The van der Waals surface area contributed by atoms with E-state index < -0.39 is 0 Å². The number of H-pyrrole nitrogens is 1. The van der Waals surface area contributed by atoms with Crippen molar-refractivity contribution in [3.8, 4) is 11.1 Å². The van der Waals surface area contributed by atoms with Crippen LogP contribution in [0.15, 0.2) is 48.5 Å². The lowest BCUT2D eigenvalue weighted by molar-refractivity contribution is 1.30. The highest BCUT2D eigenvalue weighted by atomic mass is 14.7. The van der Waals surface area contributed by atoms with E-state index in [0.717, 1.165) is 0 Å². The minimum Gasteiger partial charge on any atom is -0.359 e. The van der Waals surface area contributed by atoms with E-state index in [4.69, 9.17) is 0 Å². The van der Waals surface area contributed by atoms with Crippen LogP contribution in [0.1, 0.15) is 11.3 Å². The molecule has 0 spiro atoms. The zero-order chi connectivity index (χ0) is 11.8. The highest BCUT2D eigenvalue weighted by Gasteiger charge is 2.01. The first kappa shape index (κ1) is 10.2. The van der Waals surface area contributed by atoms with Crippen LogP contribution in [-0.4, -0.2) is 4.98 Å². The van der Waals surface area contributed by atoms with Gasteiger partial charge in [-0.15, -0.1) is 0 Å². The predicted octanol–water partition coefficient (Wildman–Crippen LogP) is 4.45. The number of rotatable bonds is 1. The molecule has 17 heavy (non-hydrogen) atoms. The molecular weight excluding hydrogens is 206 g/mol. The minimum atomic E-state index is 1.21. The van der Waals surface area contributed by atoms with Gasteiger partial charge in [0, 0.05) is 16.6 Å². The molecule has 0 saturated carbocycles. The number of hydrogen-bond acceptors (Lipinski definition) is 0. The fraction of sp³-hybridized carbons (Fsp3) is 0.125. The van der Waals surface area contributed by atoms with E-state index in [9.17, 15) is 0 Å². The van der Waals surface area contributed by atoms with Crippen LogP contribution < -0.4 is 0 Å². The topological polar surface area (TPSA) is 15.8 Å². The summed E-state index contributed by atoms with van der Waals surface area (Å²) in [4.78, 5) is 3.35. The first-order chi connectivity index (χ1) is 8.22. The van der Waals surface area contributed by atoms with Gasteiger partial charge in [0.2, 0.25) is 0 Å². The van der Waals surface area contributed by atoms with E-state index in [1.165, 1.54) is 33.3 Å². The quantitative estimate of drug-likeness (QED) is 0.624. The third kappa shape index (κ3) is 1.84. The Balaban J connectivity index is 2.17. The van der Waals surface area contributed by atoms with Crippen LogP contribution in [0.25, 0.3) is 22.0 Å². The van der Waals surface area contributed by atoms with E-state index in [0.29, 0.717) is 0 Å². The number of hydrogen-bond donors (Lipinski definition) is 1. The SMILES string of the molecule is Cc1cccc(-c2ccc3[nH]c(C)cc3c2)c1. The molecule has 0 amide bonds. The van der Waals surface area contributed by atoms with Crippen molar-refractivity contribution < 1.29 is 0 Å². The van der Waals surface area contributed by atoms with Crippen molar-refractivity contribution in [3.63, 3.8) is 0 Å². The van der Waals surface area contributed by atoms with Crippen molar-refractivity contribution in [1.82, 2.24) is 4.98 Å². The zero-order valence-electron chi connectivity index (χ0n) is 10.1. The van der Waals surface area contributed by atoms with Gasteiger partial charge >= 0.3 is 0 Å². The summed E-state index contributed by atoms with van der Waals surface area (Å²) < 4.78 is 0. The van der Waals surface area contributed by atoms with Crippen molar-refractivity contribution in [1.29, 1.82) is 0 Å². The number of aromatic amines is 1. The van der Waals surface area contributed by atoms with E-state index in [2.05, 4.69) is 67.4 Å². The first-order valence-electron chi connectivity index (χ1n) is 5.89. The van der Waals surface area contributed by atoms with Crippen LogP contribution in [0.3, 0.4) is 0 Å². The Labute approximate surface area is 101 Å². The molecule has 3 aromatic rings. The van der Waals surface area contributed by atoms with Crippen LogP contribution in [0.2, 0.25) is 0 Å². The molecule has 1 nitrogen and oxygen atoms in total. The molecule has 0 unspecified atom stereocenters. The number of nitrogens with one attached hydrogen (secondary N) is 1. The maximum Gasteiger partial charge on any atom is 0.0456 e. The molecule has 1 heteroatoms. The van der Waals surface area contributed by atoms with Gasteiger partial charge in [-0.25, -0.2) is 0 Å². The Hall–Kier alpha value is -2.02. The minimum absolute atomic E-state index is 1.21. The van der Waals surface area contributed by atoms with Gasteiger partial charge < -0.3 is 4.98 Å². The fourth-order valence-corrected chi connectivity index (χ4v) is 2.28. The molecule has 0 fully saturated rings. The van der Waals surface area contributed by atoms with Gasteiger partial charge in [-0.05, 0) is 43.2 Å². The molecule has 0 saturated heterocycles. The molecule has 3 rings (SSSR count). The summed E-state index contributed by atoms with van der Waals surface area (Å²) >= 11 is 0. The molecule has 0 aliphatic heterocycles. The maximum absolute atomic E-state index is 3.35. The smallest absolute Gasteiger partial charge is 0.0456 e. The third-order valence-electron chi connectivity index (χ3n) is 3.11. The van der Waals surface area contributed by atoms with E-state index in [-0.39, 0.29) is 0 Å². The Kier molecular flexibility index (Phi) is 2.25. The Morgan fingerprint density at radius 1 is 0.824 bits per heavy atom. The maximum atomic E-state index is 3.35. The largest absolute Gasteiger partial charge is 0.359 e. The van der Waals surface area contributed by atoms with Crippen molar-refractivity contribution in [3.05, 3.63) is 59.8 Å². The zero-order valence-corrected chi connectivity index (χ0v) is 10.1. The molecule has 84 valence electrons.